The van der Waals surface area contributed by atoms with Crippen LogP contribution in [0.1, 0.15) is 6.42 Å². The lowest BCUT2D eigenvalue weighted by Crippen LogP contribution is -2.51. The standard InChI is InChI=1S/C22H26N2O7S/c1-28-18-5-2-3-6-19(18)31-16-22(25)23-9-11-24(12-10-23)32(26,27)17-7-8-20-21(15-17)30-14-4-13-29-20/h2-3,5-8,15H,4,9-14,16H2,1H3. The molecule has 0 atom stereocenters. The van der Waals surface area contributed by atoms with Crippen molar-refractivity contribution in [2.45, 2.75) is 11.3 Å². The summed E-state index contributed by atoms with van der Waals surface area (Å²) in [5, 5.41) is 0. The van der Waals surface area contributed by atoms with Crippen LogP contribution in [-0.4, -0.2) is 76.6 Å². The van der Waals surface area contributed by atoms with Gasteiger partial charge in [0.05, 0.1) is 25.2 Å². The monoisotopic (exact) mass is 462 g/mol. The molecule has 2 aromatic carbocycles. The lowest BCUT2D eigenvalue weighted by Gasteiger charge is -2.34. The van der Waals surface area contributed by atoms with Gasteiger partial charge in [-0.15, -0.1) is 0 Å². The number of hydrogen-bond acceptors (Lipinski definition) is 7. The molecule has 9 nitrogen and oxygen atoms in total. The fourth-order valence-electron chi connectivity index (χ4n) is 3.60. The molecule has 4 rings (SSSR count). The Morgan fingerprint density at radius 2 is 1.66 bits per heavy atom. The maximum Gasteiger partial charge on any atom is 0.260 e. The quantitative estimate of drug-likeness (QED) is 0.646. The largest absolute Gasteiger partial charge is 0.493 e. The van der Waals surface area contributed by atoms with Crippen LogP contribution in [0, 0.1) is 0 Å². The van der Waals surface area contributed by atoms with Gasteiger partial charge < -0.3 is 23.8 Å². The molecule has 1 saturated heterocycles. The molecule has 1 amide bonds. The van der Waals surface area contributed by atoms with E-state index < -0.39 is 10.0 Å². The van der Waals surface area contributed by atoms with Crippen LogP contribution in [-0.2, 0) is 14.8 Å². The van der Waals surface area contributed by atoms with Crippen molar-refractivity contribution >= 4 is 15.9 Å². The lowest BCUT2D eigenvalue weighted by molar-refractivity contribution is -0.134. The molecule has 0 aromatic heterocycles. The van der Waals surface area contributed by atoms with Gasteiger partial charge >= 0.3 is 0 Å². The summed E-state index contributed by atoms with van der Waals surface area (Å²) < 4.78 is 49.6. The molecule has 1 fully saturated rings. The molecule has 0 N–H and O–H groups in total. The van der Waals surface area contributed by atoms with E-state index in [9.17, 15) is 13.2 Å². The minimum Gasteiger partial charge on any atom is -0.493 e. The second-order valence-corrected chi connectivity index (χ2v) is 9.32. The SMILES string of the molecule is COc1ccccc1OCC(=O)N1CCN(S(=O)(=O)c2ccc3c(c2)OCCCO3)CC1. The molecule has 32 heavy (non-hydrogen) atoms. The number of nitrogens with zero attached hydrogens (tertiary/aromatic N) is 2. The highest BCUT2D eigenvalue weighted by Crippen LogP contribution is 2.33. The summed E-state index contributed by atoms with van der Waals surface area (Å²) in [4.78, 5) is 14.3. The van der Waals surface area contributed by atoms with Crippen molar-refractivity contribution in [3.8, 4) is 23.0 Å². The number of carbonyl (C=O) groups excluding carboxylic acids is 1. The maximum atomic E-state index is 13.1. The van der Waals surface area contributed by atoms with Crippen molar-refractivity contribution < 1.29 is 32.2 Å². The van der Waals surface area contributed by atoms with Crippen LogP contribution in [0.15, 0.2) is 47.4 Å². The van der Waals surface area contributed by atoms with Crippen LogP contribution in [0.25, 0.3) is 0 Å². The number of amides is 1. The Labute approximate surface area is 187 Å². The summed E-state index contributed by atoms with van der Waals surface area (Å²) in [7, 11) is -2.17. The van der Waals surface area contributed by atoms with Crippen LogP contribution in [0.4, 0.5) is 0 Å². The summed E-state index contributed by atoms with van der Waals surface area (Å²) in [6.07, 6.45) is 0.744. The van der Waals surface area contributed by atoms with Gasteiger partial charge in [-0.05, 0) is 24.3 Å². The molecular formula is C22H26N2O7S. The van der Waals surface area contributed by atoms with Crippen molar-refractivity contribution in [1.29, 1.82) is 0 Å². The molecule has 0 radical (unpaired) electrons. The van der Waals surface area contributed by atoms with Gasteiger partial charge in [0.1, 0.15) is 0 Å². The highest BCUT2D eigenvalue weighted by molar-refractivity contribution is 7.89. The van der Waals surface area contributed by atoms with Gasteiger partial charge in [0.25, 0.3) is 5.91 Å². The third-order valence-electron chi connectivity index (χ3n) is 5.37. The lowest BCUT2D eigenvalue weighted by atomic mass is 10.3. The van der Waals surface area contributed by atoms with Crippen molar-refractivity contribution in [2.24, 2.45) is 0 Å². The predicted octanol–water partition coefficient (Wildman–Crippen LogP) is 1.77. The van der Waals surface area contributed by atoms with E-state index in [2.05, 4.69) is 0 Å². The number of piperazine rings is 1. The van der Waals surface area contributed by atoms with Gasteiger partial charge in [0, 0.05) is 38.7 Å². The highest BCUT2D eigenvalue weighted by atomic mass is 32.2. The average Bonchev–Trinajstić information content (AvgIpc) is 3.07. The first-order valence-corrected chi connectivity index (χ1v) is 11.9. The second kappa shape index (κ2) is 9.66. The zero-order valence-corrected chi connectivity index (χ0v) is 18.7. The van der Waals surface area contributed by atoms with Gasteiger partial charge in [-0.2, -0.15) is 4.31 Å². The summed E-state index contributed by atoms with van der Waals surface area (Å²) >= 11 is 0. The average molecular weight is 463 g/mol. The summed E-state index contributed by atoms with van der Waals surface area (Å²) in [6, 6.07) is 11.8. The van der Waals surface area contributed by atoms with Gasteiger partial charge in [-0.1, -0.05) is 12.1 Å². The first-order valence-electron chi connectivity index (χ1n) is 10.4. The highest BCUT2D eigenvalue weighted by Gasteiger charge is 2.31. The van der Waals surface area contributed by atoms with E-state index in [-0.39, 0.29) is 43.6 Å². The maximum absolute atomic E-state index is 13.1. The number of ether oxygens (including phenoxy) is 4. The molecule has 172 valence electrons. The Hall–Kier alpha value is -2.98. The zero-order valence-electron chi connectivity index (χ0n) is 17.9. The number of para-hydroxylation sites is 2. The first-order chi connectivity index (χ1) is 15.5. The number of hydrogen-bond donors (Lipinski definition) is 0. The summed E-state index contributed by atoms with van der Waals surface area (Å²) in [6.45, 7) is 1.86. The molecule has 2 heterocycles. The fourth-order valence-corrected chi connectivity index (χ4v) is 5.04. The van der Waals surface area contributed by atoms with Crippen LogP contribution in [0.2, 0.25) is 0 Å². The molecule has 2 aromatic rings. The third-order valence-corrected chi connectivity index (χ3v) is 7.26. The van der Waals surface area contributed by atoms with Crippen molar-refractivity contribution in [3.63, 3.8) is 0 Å². The minimum absolute atomic E-state index is 0.144. The van der Waals surface area contributed by atoms with Gasteiger partial charge in [0.2, 0.25) is 10.0 Å². The van der Waals surface area contributed by atoms with E-state index >= 15 is 0 Å². The minimum atomic E-state index is -3.71. The molecule has 2 aliphatic heterocycles. The van der Waals surface area contributed by atoms with E-state index in [4.69, 9.17) is 18.9 Å². The number of rotatable bonds is 6. The number of benzene rings is 2. The van der Waals surface area contributed by atoms with E-state index in [0.29, 0.717) is 36.2 Å². The van der Waals surface area contributed by atoms with Crippen LogP contribution in [0.3, 0.4) is 0 Å². The second-order valence-electron chi connectivity index (χ2n) is 7.38. The van der Waals surface area contributed by atoms with Crippen molar-refractivity contribution in [2.75, 3.05) is 53.1 Å². The molecule has 0 unspecified atom stereocenters. The molecule has 2 aliphatic rings. The Balaban J connectivity index is 1.35. The predicted molar refractivity (Wildman–Crippen MR) is 116 cm³/mol. The third kappa shape index (κ3) is 4.76. The van der Waals surface area contributed by atoms with Crippen molar-refractivity contribution in [3.05, 3.63) is 42.5 Å². The molecule has 0 bridgehead atoms. The number of fused-ring (bicyclic) bond motifs is 1. The number of methoxy groups -OCH3 is 1. The Morgan fingerprint density at radius 1 is 0.969 bits per heavy atom. The Bertz CT molecular complexity index is 1070. The molecule has 0 spiro atoms. The van der Waals surface area contributed by atoms with E-state index in [1.807, 2.05) is 6.07 Å². The fraction of sp³-hybridized carbons (Fsp3) is 0.409. The number of carbonyl (C=O) groups is 1. The Kier molecular flexibility index (Phi) is 6.71. The van der Waals surface area contributed by atoms with Gasteiger partial charge in [0.15, 0.2) is 29.6 Å². The normalized spacial score (nSPS) is 16.8. The summed E-state index contributed by atoms with van der Waals surface area (Å²) in [5.41, 5.74) is 0. The molecule has 0 saturated carbocycles. The topological polar surface area (TPSA) is 94.6 Å². The van der Waals surface area contributed by atoms with Crippen LogP contribution in [0.5, 0.6) is 23.0 Å². The number of sulfonamides is 1. The van der Waals surface area contributed by atoms with Gasteiger partial charge in [-0.25, -0.2) is 8.42 Å². The molecular weight excluding hydrogens is 436 g/mol. The molecule has 10 heteroatoms. The first kappa shape index (κ1) is 22.2. The molecule has 0 aliphatic carbocycles. The van der Waals surface area contributed by atoms with E-state index in [0.717, 1.165) is 6.42 Å². The zero-order chi connectivity index (χ0) is 22.6. The van der Waals surface area contributed by atoms with Crippen LogP contribution >= 0.6 is 0 Å². The van der Waals surface area contributed by atoms with Gasteiger partial charge in [-0.3, -0.25) is 4.79 Å². The van der Waals surface area contributed by atoms with Crippen molar-refractivity contribution in [1.82, 2.24) is 9.21 Å². The Morgan fingerprint density at radius 3 is 2.38 bits per heavy atom. The van der Waals surface area contributed by atoms with E-state index in [1.165, 1.54) is 23.5 Å². The smallest absolute Gasteiger partial charge is 0.260 e. The van der Waals surface area contributed by atoms with E-state index in [1.54, 1.807) is 29.2 Å². The van der Waals surface area contributed by atoms with Crippen LogP contribution < -0.4 is 18.9 Å². The summed E-state index contributed by atoms with van der Waals surface area (Å²) in [5.74, 6) is 1.81.